The first-order valence-corrected chi connectivity index (χ1v) is 5.86. The zero-order valence-electron chi connectivity index (χ0n) is 10.2. The van der Waals surface area contributed by atoms with Gasteiger partial charge in [-0.05, 0) is 36.8 Å². The topological polar surface area (TPSA) is 80.7 Å². The summed E-state index contributed by atoms with van der Waals surface area (Å²) < 4.78 is 5.66. The highest BCUT2D eigenvalue weighted by atomic mass is 35.5. The van der Waals surface area contributed by atoms with Crippen molar-refractivity contribution in [2.24, 2.45) is 10.9 Å². The third-order valence-electron chi connectivity index (χ3n) is 2.47. The van der Waals surface area contributed by atoms with E-state index in [0.29, 0.717) is 22.2 Å². The lowest BCUT2D eigenvalue weighted by atomic mass is 10.2. The van der Waals surface area contributed by atoms with E-state index in [-0.39, 0.29) is 5.84 Å². The Labute approximate surface area is 115 Å². The summed E-state index contributed by atoms with van der Waals surface area (Å²) in [7, 11) is 0. The molecule has 2 aromatic rings. The Balaban J connectivity index is 2.26. The van der Waals surface area contributed by atoms with Gasteiger partial charge in [-0.15, -0.1) is 0 Å². The highest BCUT2D eigenvalue weighted by molar-refractivity contribution is 6.31. The summed E-state index contributed by atoms with van der Waals surface area (Å²) in [6.07, 6.45) is 1.52. The van der Waals surface area contributed by atoms with E-state index in [2.05, 4.69) is 10.1 Å². The van der Waals surface area contributed by atoms with Gasteiger partial charge in [-0.1, -0.05) is 16.8 Å². The van der Waals surface area contributed by atoms with Gasteiger partial charge in [-0.2, -0.15) is 0 Å². The number of aromatic nitrogens is 1. The molecule has 3 N–H and O–H groups in total. The van der Waals surface area contributed by atoms with Gasteiger partial charge in [0.05, 0.1) is 0 Å². The van der Waals surface area contributed by atoms with Gasteiger partial charge in [0.25, 0.3) is 0 Å². The summed E-state index contributed by atoms with van der Waals surface area (Å²) in [5.41, 5.74) is 6.72. The minimum atomic E-state index is -0.0715. The maximum Gasteiger partial charge on any atom is 0.188 e. The van der Waals surface area contributed by atoms with E-state index in [4.69, 9.17) is 27.3 Å². The standard InChI is InChI=1S/C13H12ClN3O2/c1-8-6-9(2-3-11(8)14)19-10-4-5-16-12(7-10)13(15)17-18/h2-7,18H,1H3,(H2,15,17). The summed E-state index contributed by atoms with van der Waals surface area (Å²) in [5.74, 6) is 1.12. The molecular weight excluding hydrogens is 266 g/mol. The normalized spacial score (nSPS) is 11.4. The third kappa shape index (κ3) is 3.14. The molecule has 0 saturated heterocycles. The van der Waals surface area contributed by atoms with E-state index in [1.54, 1.807) is 24.3 Å². The molecule has 6 heteroatoms. The Morgan fingerprint density at radius 2 is 2.05 bits per heavy atom. The maximum atomic E-state index is 8.60. The summed E-state index contributed by atoms with van der Waals surface area (Å²) in [5, 5.41) is 12.2. The van der Waals surface area contributed by atoms with E-state index in [0.717, 1.165) is 5.56 Å². The van der Waals surface area contributed by atoms with Crippen LogP contribution in [0.3, 0.4) is 0 Å². The van der Waals surface area contributed by atoms with Crippen LogP contribution in [0.15, 0.2) is 41.7 Å². The Kier molecular flexibility index (Phi) is 3.87. The van der Waals surface area contributed by atoms with Gasteiger partial charge >= 0.3 is 0 Å². The van der Waals surface area contributed by atoms with Crippen LogP contribution in [-0.2, 0) is 0 Å². The number of ether oxygens (including phenoxy) is 1. The van der Waals surface area contributed by atoms with Gasteiger partial charge in [0.2, 0.25) is 0 Å². The number of rotatable bonds is 3. The summed E-state index contributed by atoms with van der Waals surface area (Å²) >= 11 is 5.94. The average Bonchev–Trinajstić information content (AvgIpc) is 2.42. The minimum Gasteiger partial charge on any atom is -0.457 e. The van der Waals surface area contributed by atoms with Gasteiger partial charge < -0.3 is 15.7 Å². The van der Waals surface area contributed by atoms with E-state index in [1.807, 2.05) is 13.0 Å². The van der Waals surface area contributed by atoms with Gasteiger partial charge in [-0.25, -0.2) is 0 Å². The smallest absolute Gasteiger partial charge is 0.188 e. The van der Waals surface area contributed by atoms with Gasteiger partial charge in [-0.3, -0.25) is 4.98 Å². The monoisotopic (exact) mass is 277 g/mol. The average molecular weight is 278 g/mol. The van der Waals surface area contributed by atoms with Crippen LogP contribution < -0.4 is 10.5 Å². The van der Waals surface area contributed by atoms with Crippen LogP contribution in [-0.4, -0.2) is 16.0 Å². The predicted octanol–water partition coefficient (Wildman–Crippen LogP) is 2.93. The second kappa shape index (κ2) is 5.58. The first-order chi connectivity index (χ1) is 9.10. The number of aryl methyl sites for hydroxylation is 1. The fourth-order valence-electron chi connectivity index (χ4n) is 1.48. The highest BCUT2D eigenvalue weighted by Crippen LogP contribution is 2.25. The van der Waals surface area contributed by atoms with Crippen molar-refractivity contribution in [2.45, 2.75) is 6.92 Å². The van der Waals surface area contributed by atoms with Gasteiger partial charge in [0, 0.05) is 17.3 Å². The van der Waals surface area contributed by atoms with Crippen molar-refractivity contribution in [1.29, 1.82) is 0 Å². The van der Waals surface area contributed by atoms with Crippen LogP contribution in [0.5, 0.6) is 11.5 Å². The lowest BCUT2D eigenvalue weighted by molar-refractivity contribution is 0.318. The first kappa shape index (κ1) is 13.2. The zero-order valence-corrected chi connectivity index (χ0v) is 10.9. The SMILES string of the molecule is Cc1cc(Oc2ccnc(C(N)=NO)c2)ccc1Cl. The first-order valence-electron chi connectivity index (χ1n) is 5.48. The molecule has 0 bridgehead atoms. The number of oxime groups is 1. The molecule has 0 aliphatic carbocycles. The fourth-order valence-corrected chi connectivity index (χ4v) is 1.60. The molecule has 19 heavy (non-hydrogen) atoms. The van der Waals surface area contributed by atoms with Crippen LogP contribution in [0.1, 0.15) is 11.3 Å². The van der Waals surface area contributed by atoms with Crippen molar-refractivity contribution in [2.75, 3.05) is 0 Å². The van der Waals surface area contributed by atoms with Crippen LogP contribution in [0.25, 0.3) is 0 Å². The highest BCUT2D eigenvalue weighted by Gasteiger charge is 2.05. The van der Waals surface area contributed by atoms with Crippen molar-refractivity contribution in [3.63, 3.8) is 0 Å². The number of amidine groups is 1. The molecule has 0 aliphatic rings. The van der Waals surface area contributed by atoms with Crippen molar-refractivity contribution in [3.05, 3.63) is 52.8 Å². The quantitative estimate of drug-likeness (QED) is 0.391. The molecule has 0 radical (unpaired) electrons. The molecule has 0 amide bonds. The molecule has 0 saturated carbocycles. The predicted molar refractivity (Wildman–Crippen MR) is 73.0 cm³/mol. The third-order valence-corrected chi connectivity index (χ3v) is 2.89. The molecule has 5 nitrogen and oxygen atoms in total. The number of pyridine rings is 1. The van der Waals surface area contributed by atoms with E-state index in [9.17, 15) is 0 Å². The summed E-state index contributed by atoms with van der Waals surface area (Å²) in [4.78, 5) is 3.97. The molecule has 1 aromatic carbocycles. The Morgan fingerprint density at radius 3 is 2.74 bits per heavy atom. The molecule has 1 heterocycles. The molecule has 1 aromatic heterocycles. The lowest BCUT2D eigenvalue weighted by Crippen LogP contribution is -2.14. The molecule has 0 atom stereocenters. The van der Waals surface area contributed by atoms with Crippen LogP contribution in [0.2, 0.25) is 5.02 Å². The van der Waals surface area contributed by atoms with E-state index >= 15 is 0 Å². The van der Waals surface area contributed by atoms with Crippen molar-refractivity contribution in [3.8, 4) is 11.5 Å². The zero-order chi connectivity index (χ0) is 13.8. The molecule has 2 rings (SSSR count). The van der Waals surface area contributed by atoms with Gasteiger partial charge in [0.15, 0.2) is 5.84 Å². The number of benzene rings is 1. The Hall–Kier alpha value is -2.27. The number of hydrogen-bond donors (Lipinski definition) is 2. The van der Waals surface area contributed by atoms with Crippen LogP contribution in [0, 0.1) is 6.92 Å². The number of hydrogen-bond acceptors (Lipinski definition) is 4. The lowest BCUT2D eigenvalue weighted by Gasteiger charge is -2.08. The van der Waals surface area contributed by atoms with Crippen LogP contribution in [0.4, 0.5) is 0 Å². The molecule has 0 unspecified atom stereocenters. The van der Waals surface area contributed by atoms with E-state index < -0.39 is 0 Å². The molecule has 0 spiro atoms. The minimum absolute atomic E-state index is 0.0715. The summed E-state index contributed by atoms with van der Waals surface area (Å²) in [6, 6.07) is 8.61. The number of nitrogens with zero attached hydrogens (tertiary/aromatic N) is 2. The Bertz CT molecular complexity index is 629. The largest absolute Gasteiger partial charge is 0.457 e. The number of nitrogens with two attached hydrogens (primary N) is 1. The molecule has 0 aliphatic heterocycles. The van der Waals surface area contributed by atoms with E-state index in [1.165, 1.54) is 6.20 Å². The van der Waals surface area contributed by atoms with Crippen LogP contribution >= 0.6 is 11.6 Å². The van der Waals surface area contributed by atoms with Crippen molar-refractivity contribution >= 4 is 17.4 Å². The molecule has 0 fully saturated rings. The molecule has 98 valence electrons. The van der Waals surface area contributed by atoms with Crippen molar-refractivity contribution in [1.82, 2.24) is 4.98 Å². The summed E-state index contributed by atoms with van der Waals surface area (Å²) in [6.45, 7) is 1.89. The van der Waals surface area contributed by atoms with Gasteiger partial charge in [0.1, 0.15) is 17.2 Å². The number of halogens is 1. The molecular formula is C13H12ClN3O2. The second-order valence-corrected chi connectivity index (χ2v) is 4.28. The Morgan fingerprint density at radius 1 is 1.32 bits per heavy atom. The second-order valence-electron chi connectivity index (χ2n) is 3.88. The fraction of sp³-hybridized carbons (Fsp3) is 0.0769. The van der Waals surface area contributed by atoms with Crippen molar-refractivity contribution < 1.29 is 9.94 Å². The maximum absolute atomic E-state index is 8.60.